The lowest BCUT2D eigenvalue weighted by molar-refractivity contribution is -0.149. The summed E-state index contributed by atoms with van der Waals surface area (Å²) >= 11 is 6.12. The molecule has 0 saturated heterocycles. The number of carbonyl (C=O) groups is 1. The fourth-order valence-electron chi connectivity index (χ4n) is 1.66. The van der Waals surface area contributed by atoms with Crippen molar-refractivity contribution in [3.05, 3.63) is 34.9 Å². The second-order valence-electron chi connectivity index (χ2n) is 4.67. The van der Waals surface area contributed by atoms with E-state index in [-0.39, 0.29) is 6.04 Å². The quantitative estimate of drug-likeness (QED) is 0.898. The molecule has 0 amide bonds. The van der Waals surface area contributed by atoms with Crippen LogP contribution in [0.25, 0.3) is 0 Å². The number of nitrogens with zero attached hydrogens (tertiary/aromatic N) is 1. The summed E-state index contributed by atoms with van der Waals surface area (Å²) in [6.45, 7) is 5.32. The molecular formula is C13H18ClNO2. The number of aliphatic carboxylic acids is 1. The molecule has 0 radical (unpaired) electrons. The molecule has 0 aliphatic heterocycles. The molecule has 0 heterocycles. The fourth-order valence-corrected chi connectivity index (χ4v) is 1.95. The molecule has 0 aliphatic rings. The summed E-state index contributed by atoms with van der Waals surface area (Å²) in [6, 6.07) is 7.44. The monoisotopic (exact) mass is 255 g/mol. The van der Waals surface area contributed by atoms with Gasteiger partial charge in [-0.2, -0.15) is 0 Å². The van der Waals surface area contributed by atoms with Crippen LogP contribution in [0.4, 0.5) is 0 Å². The highest BCUT2D eigenvalue weighted by molar-refractivity contribution is 6.31. The predicted molar refractivity (Wildman–Crippen MR) is 69.3 cm³/mol. The summed E-state index contributed by atoms with van der Waals surface area (Å²) in [7, 11) is 1.79. The second kappa shape index (κ2) is 5.07. The number of rotatable bonds is 4. The van der Waals surface area contributed by atoms with Crippen molar-refractivity contribution >= 4 is 17.6 Å². The van der Waals surface area contributed by atoms with E-state index in [1.165, 1.54) is 0 Å². The van der Waals surface area contributed by atoms with Crippen LogP contribution in [-0.2, 0) is 4.79 Å². The Morgan fingerprint density at radius 3 is 2.41 bits per heavy atom. The van der Waals surface area contributed by atoms with Gasteiger partial charge in [-0.05, 0) is 39.4 Å². The van der Waals surface area contributed by atoms with E-state index >= 15 is 0 Å². The van der Waals surface area contributed by atoms with Crippen LogP contribution in [0.2, 0.25) is 5.02 Å². The molecule has 1 rings (SSSR count). The minimum absolute atomic E-state index is 0.0604. The molecule has 0 saturated carbocycles. The zero-order valence-corrected chi connectivity index (χ0v) is 11.3. The first-order valence-electron chi connectivity index (χ1n) is 5.49. The second-order valence-corrected chi connectivity index (χ2v) is 5.08. The van der Waals surface area contributed by atoms with Gasteiger partial charge in [0, 0.05) is 11.1 Å². The van der Waals surface area contributed by atoms with Crippen molar-refractivity contribution in [1.82, 2.24) is 4.90 Å². The highest BCUT2D eigenvalue weighted by Gasteiger charge is 2.35. The molecule has 4 heteroatoms. The number of carboxylic acid groups (broad SMARTS) is 1. The maximum Gasteiger partial charge on any atom is 0.323 e. The topological polar surface area (TPSA) is 40.5 Å². The average molecular weight is 256 g/mol. The van der Waals surface area contributed by atoms with Crippen LogP contribution in [-0.4, -0.2) is 28.6 Å². The summed E-state index contributed by atoms with van der Waals surface area (Å²) < 4.78 is 0. The summed E-state index contributed by atoms with van der Waals surface area (Å²) in [5.74, 6) is -0.848. The highest BCUT2D eigenvalue weighted by atomic mass is 35.5. The first-order chi connectivity index (χ1) is 7.78. The van der Waals surface area contributed by atoms with Crippen LogP contribution in [0.3, 0.4) is 0 Å². The van der Waals surface area contributed by atoms with Crippen molar-refractivity contribution < 1.29 is 9.90 Å². The SMILES string of the molecule is CC(c1ccccc1Cl)N(C)C(C)(C)C(=O)O. The Hall–Kier alpha value is -1.06. The molecule has 1 aromatic rings. The minimum Gasteiger partial charge on any atom is -0.480 e. The van der Waals surface area contributed by atoms with Crippen molar-refractivity contribution in [3.8, 4) is 0 Å². The lowest BCUT2D eigenvalue weighted by Crippen LogP contribution is -2.48. The molecule has 3 nitrogen and oxygen atoms in total. The normalized spacial score (nSPS) is 13.8. The predicted octanol–water partition coefficient (Wildman–Crippen LogP) is 3.20. The number of halogens is 1. The largest absolute Gasteiger partial charge is 0.480 e. The molecule has 0 fully saturated rings. The summed E-state index contributed by atoms with van der Waals surface area (Å²) in [4.78, 5) is 13.0. The van der Waals surface area contributed by atoms with Gasteiger partial charge < -0.3 is 5.11 Å². The molecule has 0 aliphatic carbocycles. The van der Waals surface area contributed by atoms with Gasteiger partial charge in [0.15, 0.2) is 0 Å². The molecular weight excluding hydrogens is 238 g/mol. The third-order valence-corrected chi connectivity index (χ3v) is 3.69. The van der Waals surface area contributed by atoms with E-state index in [1.54, 1.807) is 25.8 Å². The van der Waals surface area contributed by atoms with Crippen molar-refractivity contribution in [3.63, 3.8) is 0 Å². The van der Waals surface area contributed by atoms with Crippen molar-refractivity contribution in [2.75, 3.05) is 7.05 Å². The highest BCUT2D eigenvalue weighted by Crippen LogP contribution is 2.30. The molecule has 1 N–H and O–H groups in total. The van der Waals surface area contributed by atoms with Gasteiger partial charge in [0.1, 0.15) is 5.54 Å². The van der Waals surface area contributed by atoms with Crippen LogP contribution < -0.4 is 0 Å². The average Bonchev–Trinajstić information content (AvgIpc) is 2.27. The Morgan fingerprint density at radius 2 is 1.94 bits per heavy atom. The molecule has 0 spiro atoms. The van der Waals surface area contributed by atoms with E-state index in [4.69, 9.17) is 11.6 Å². The number of hydrogen-bond donors (Lipinski definition) is 1. The van der Waals surface area contributed by atoms with E-state index in [2.05, 4.69) is 0 Å². The van der Waals surface area contributed by atoms with Gasteiger partial charge in [-0.25, -0.2) is 0 Å². The molecule has 17 heavy (non-hydrogen) atoms. The van der Waals surface area contributed by atoms with E-state index in [0.717, 1.165) is 5.56 Å². The van der Waals surface area contributed by atoms with Gasteiger partial charge in [0.25, 0.3) is 0 Å². The lowest BCUT2D eigenvalue weighted by atomic mass is 9.98. The maximum atomic E-state index is 11.2. The Kier molecular flexibility index (Phi) is 4.17. The van der Waals surface area contributed by atoms with Crippen molar-refractivity contribution in [2.45, 2.75) is 32.4 Å². The van der Waals surface area contributed by atoms with Crippen molar-refractivity contribution in [1.29, 1.82) is 0 Å². The number of benzene rings is 1. The minimum atomic E-state index is -0.932. The van der Waals surface area contributed by atoms with Gasteiger partial charge in [-0.3, -0.25) is 9.69 Å². The van der Waals surface area contributed by atoms with Crippen LogP contribution in [0.5, 0.6) is 0 Å². The molecule has 1 aromatic carbocycles. The summed E-state index contributed by atoms with van der Waals surface area (Å²) in [5, 5.41) is 9.86. The zero-order valence-electron chi connectivity index (χ0n) is 10.6. The first-order valence-corrected chi connectivity index (χ1v) is 5.87. The number of hydrogen-bond acceptors (Lipinski definition) is 2. The van der Waals surface area contributed by atoms with E-state index in [1.807, 2.05) is 31.2 Å². The van der Waals surface area contributed by atoms with Gasteiger partial charge in [-0.15, -0.1) is 0 Å². The number of likely N-dealkylation sites (N-methyl/N-ethyl adjacent to an activating group) is 1. The van der Waals surface area contributed by atoms with Gasteiger partial charge in [-0.1, -0.05) is 29.8 Å². The zero-order chi connectivity index (χ0) is 13.2. The van der Waals surface area contributed by atoms with Crippen LogP contribution >= 0.6 is 11.6 Å². The van der Waals surface area contributed by atoms with Crippen LogP contribution in [0, 0.1) is 0 Å². The Balaban J connectivity index is 3.02. The van der Waals surface area contributed by atoms with Crippen LogP contribution in [0.15, 0.2) is 24.3 Å². The maximum absolute atomic E-state index is 11.2. The molecule has 1 atom stereocenters. The molecule has 1 unspecified atom stereocenters. The number of carboxylic acids is 1. The molecule has 0 aromatic heterocycles. The standard InChI is InChI=1S/C13H18ClNO2/c1-9(10-7-5-6-8-11(10)14)15(4)13(2,3)12(16)17/h5-9H,1-4H3,(H,16,17). The summed E-state index contributed by atoms with van der Waals surface area (Å²) in [6.07, 6.45) is 0. The van der Waals surface area contributed by atoms with Gasteiger partial charge in [0.2, 0.25) is 0 Å². The molecule has 94 valence electrons. The van der Waals surface area contributed by atoms with E-state index < -0.39 is 11.5 Å². The van der Waals surface area contributed by atoms with Gasteiger partial charge >= 0.3 is 5.97 Å². The van der Waals surface area contributed by atoms with Crippen LogP contribution in [0.1, 0.15) is 32.4 Å². The Labute approximate surface area is 107 Å². The van der Waals surface area contributed by atoms with E-state index in [0.29, 0.717) is 5.02 Å². The Bertz CT molecular complexity index is 418. The lowest BCUT2D eigenvalue weighted by Gasteiger charge is -2.36. The third-order valence-electron chi connectivity index (χ3n) is 3.34. The Morgan fingerprint density at radius 1 is 1.41 bits per heavy atom. The third kappa shape index (κ3) is 2.79. The smallest absolute Gasteiger partial charge is 0.323 e. The van der Waals surface area contributed by atoms with E-state index in [9.17, 15) is 9.90 Å². The van der Waals surface area contributed by atoms with Gasteiger partial charge in [0.05, 0.1) is 0 Å². The first kappa shape index (κ1) is 14.0. The fraction of sp³-hybridized carbons (Fsp3) is 0.462. The van der Waals surface area contributed by atoms with Crippen molar-refractivity contribution in [2.24, 2.45) is 0 Å². The summed E-state index contributed by atoms with van der Waals surface area (Å²) in [5.41, 5.74) is 0.00415. The molecule has 0 bridgehead atoms.